The van der Waals surface area contributed by atoms with Gasteiger partial charge in [0, 0.05) is 33.6 Å². The molecule has 0 amide bonds. The number of fused-ring (bicyclic) bond motifs is 1. The standard InChI is InChI=1S/C20H23Cl2N3/c1-11-4-5-12(2)25(11)20-17-9-8-16(19(17)23-13(3)24-20)15-7-6-14(21)10-18(15)22/h6-7,10-12,16H,4-5,8-9H2,1-3H3/t11-,12-,16?/m1/s1. The largest absolute Gasteiger partial charge is 0.351 e. The fourth-order valence-electron chi connectivity index (χ4n) is 4.47. The lowest BCUT2D eigenvalue weighted by Crippen LogP contribution is -2.34. The SMILES string of the molecule is Cc1nc2c(c(N3[C@H](C)CC[C@H]3C)n1)CCC2c1ccc(Cl)cc1Cl. The number of aryl methyl sites for hydroxylation is 1. The Morgan fingerprint density at radius 3 is 2.44 bits per heavy atom. The second-order valence-corrected chi connectivity index (χ2v) is 8.24. The lowest BCUT2D eigenvalue weighted by molar-refractivity contribution is 0.674. The molecular formula is C20H23Cl2N3. The number of hydrogen-bond acceptors (Lipinski definition) is 3. The molecule has 3 atom stereocenters. The van der Waals surface area contributed by atoms with Crippen LogP contribution in [0, 0.1) is 6.92 Å². The summed E-state index contributed by atoms with van der Waals surface area (Å²) in [5, 5.41) is 1.40. The van der Waals surface area contributed by atoms with Gasteiger partial charge in [0.15, 0.2) is 0 Å². The summed E-state index contributed by atoms with van der Waals surface area (Å²) in [5.74, 6) is 2.22. The van der Waals surface area contributed by atoms with Crippen LogP contribution in [-0.2, 0) is 6.42 Å². The van der Waals surface area contributed by atoms with Crippen LogP contribution in [0.1, 0.15) is 61.7 Å². The monoisotopic (exact) mass is 375 g/mol. The van der Waals surface area contributed by atoms with E-state index in [1.165, 1.54) is 18.4 Å². The summed E-state index contributed by atoms with van der Waals surface area (Å²) in [6, 6.07) is 6.86. The van der Waals surface area contributed by atoms with Crippen molar-refractivity contribution in [2.45, 2.75) is 64.5 Å². The molecule has 2 heterocycles. The van der Waals surface area contributed by atoms with Gasteiger partial charge in [0.1, 0.15) is 11.6 Å². The van der Waals surface area contributed by atoms with Crippen molar-refractivity contribution in [3.8, 4) is 0 Å². The Balaban J connectivity index is 1.81. The average molecular weight is 376 g/mol. The molecule has 25 heavy (non-hydrogen) atoms. The van der Waals surface area contributed by atoms with E-state index in [-0.39, 0.29) is 5.92 Å². The summed E-state index contributed by atoms with van der Waals surface area (Å²) < 4.78 is 0. The molecule has 0 spiro atoms. The third-order valence-electron chi connectivity index (χ3n) is 5.68. The molecule has 1 fully saturated rings. The van der Waals surface area contributed by atoms with E-state index in [0.717, 1.165) is 40.8 Å². The first-order valence-electron chi connectivity index (χ1n) is 9.06. The van der Waals surface area contributed by atoms with Gasteiger partial charge in [-0.05, 0) is 64.2 Å². The van der Waals surface area contributed by atoms with E-state index >= 15 is 0 Å². The average Bonchev–Trinajstić information content (AvgIpc) is 3.10. The van der Waals surface area contributed by atoms with Crippen molar-refractivity contribution in [2.24, 2.45) is 0 Å². The van der Waals surface area contributed by atoms with E-state index in [4.69, 9.17) is 33.2 Å². The molecule has 4 rings (SSSR count). The van der Waals surface area contributed by atoms with E-state index in [0.29, 0.717) is 17.1 Å². The van der Waals surface area contributed by atoms with Crippen molar-refractivity contribution < 1.29 is 0 Å². The summed E-state index contributed by atoms with van der Waals surface area (Å²) in [6.07, 6.45) is 4.49. The van der Waals surface area contributed by atoms with Crippen LogP contribution in [0.15, 0.2) is 18.2 Å². The molecule has 2 aromatic rings. The summed E-state index contributed by atoms with van der Waals surface area (Å²) in [7, 11) is 0. The minimum atomic E-state index is 0.230. The van der Waals surface area contributed by atoms with Crippen LogP contribution in [0.3, 0.4) is 0 Å². The van der Waals surface area contributed by atoms with Crippen LogP contribution in [0.4, 0.5) is 5.82 Å². The maximum Gasteiger partial charge on any atom is 0.136 e. The van der Waals surface area contributed by atoms with Crippen molar-refractivity contribution in [3.63, 3.8) is 0 Å². The van der Waals surface area contributed by atoms with Crippen LogP contribution in [0.5, 0.6) is 0 Å². The molecule has 0 saturated carbocycles. The van der Waals surface area contributed by atoms with Gasteiger partial charge in [-0.25, -0.2) is 9.97 Å². The quantitative estimate of drug-likeness (QED) is 0.688. The highest BCUT2D eigenvalue weighted by atomic mass is 35.5. The Kier molecular flexibility index (Phi) is 4.41. The first kappa shape index (κ1) is 17.1. The van der Waals surface area contributed by atoms with Crippen molar-refractivity contribution in [3.05, 3.63) is 50.9 Å². The van der Waals surface area contributed by atoms with Gasteiger partial charge in [-0.1, -0.05) is 29.3 Å². The molecule has 1 saturated heterocycles. The normalized spacial score (nSPS) is 25.5. The number of rotatable bonds is 2. The second kappa shape index (κ2) is 6.44. The van der Waals surface area contributed by atoms with Crippen LogP contribution in [0.25, 0.3) is 0 Å². The van der Waals surface area contributed by atoms with Crippen molar-refractivity contribution in [1.82, 2.24) is 9.97 Å². The molecule has 1 aliphatic heterocycles. The lowest BCUT2D eigenvalue weighted by Gasteiger charge is -2.29. The Morgan fingerprint density at radius 2 is 1.76 bits per heavy atom. The highest BCUT2D eigenvalue weighted by Crippen LogP contribution is 2.44. The predicted octanol–water partition coefficient (Wildman–Crippen LogP) is 5.55. The van der Waals surface area contributed by atoms with E-state index in [2.05, 4.69) is 18.7 Å². The van der Waals surface area contributed by atoms with Gasteiger partial charge < -0.3 is 4.90 Å². The Labute approximate surface area is 159 Å². The summed E-state index contributed by atoms with van der Waals surface area (Å²) in [5.41, 5.74) is 3.58. The molecule has 1 aromatic heterocycles. The van der Waals surface area contributed by atoms with Crippen LogP contribution < -0.4 is 4.90 Å². The first-order chi connectivity index (χ1) is 12.0. The zero-order valence-electron chi connectivity index (χ0n) is 14.9. The minimum absolute atomic E-state index is 0.230. The van der Waals surface area contributed by atoms with Crippen LogP contribution >= 0.6 is 23.2 Å². The molecule has 2 aliphatic rings. The highest BCUT2D eigenvalue weighted by Gasteiger charge is 2.36. The predicted molar refractivity (Wildman–Crippen MR) is 104 cm³/mol. The summed E-state index contributed by atoms with van der Waals surface area (Å²) in [4.78, 5) is 12.2. The van der Waals surface area contributed by atoms with Gasteiger partial charge in [-0.3, -0.25) is 0 Å². The number of aromatic nitrogens is 2. The fourth-order valence-corrected chi connectivity index (χ4v) is 5.01. The van der Waals surface area contributed by atoms with E-state index in [1.54, 1.807) is 0 Å². The van der Waals surface area contributed by atoms with Crippen LogP contribution in [-0.4, -0.2) is 22.1 Å². The zero-order chi connectivity index (χ0) is 17.7. The lowest BCUT2D eigenvalue weighted by atomic mass is 9.96. The van der Waals surface area contributed by atoms with Gasteiger partial charge >= 0.3 is 0 Å². The highest BCUT2D eigenvalue weighted by molar-refractivity contribution is 6.35. The zero-order valence-corrected chi connectivity index (χ0v) is 16.4. The number of anilines is 1. The molecule has 1 aromatic carbocycles. The molecule has 3 nitrogen and oxygen atoms in total. The molecule has 0 radical (unpaired) electrons. The topological polar surface area (TPSA) is 29.0 Å². The summed E-state index contributed by atoms with van der Waals surface area (Å²) >= 11 is 12.6. The van der Waals surface area contributed by atoms with Crippen molar-refractivity contribution in [1.29, 1.82) is 0 Å². The Morgan fingerprint density at radius 1 is 1.04 bits per heavy atom. The molecule has 0 bridgehead atoms. The van der Waals surface area contributed by atoms with Gasteiger partial charge in [-0.2, -0.15) is 0 Å². The van der Waals surface area contributed by atoms with E-state index in [1.807, 2.05) is 25.1 Å². The third-order valence-corrected chi connectivity index (χ3v) is 6.24. The Hall–Kier alpha value is -1.32. The smallest absolute Gasteiger partial charge is 0.136 e. The summed E-state index contributed by atoms with van der Waals surface area (Å²) in [6.45, 7) is 6.60. The number of halogens is 2. The molecule has 132 valence electrons. The molecule has 1 aliphatic carbocycles. The van der Waals surface area contributed by atoms with Gasteiger partial charge in [0.2, 0.25) is 0 Å². The molecule has 0 N–H and O–H groups in total. The second-order valence-electron chi connectivity index (χ2n) is 7.40. The Bertz CT molecular complexity index is 811. The maximum atomic E-state index is 6.49. The number of hydrogen-bond donors (Lipinski definition) is 0. The van der Waals surface area contributed by atoms with Gasteiger partial charge in [0.25, 0.3) is 0 Å². The molecular weight excluding hydrogens is 353 g/mol. The van der Waals surface area contributed by atoms with E-state index < -0.39 is 0 Å². The van der Waals surface area contributed by atoms with Crippen LogP contribution in [0.2, 0.25) is 10.0 Å². The number of nitrogens with zero attached hydrogens (tertiary/aromatic N) is 3. The van der Waals surface area contributed by atoms with E-state index in [9.17, 15) is 0 Å². The van der Waals surface area contributed by atoms with Crippen molar-refractivity contribution in [2.75, 3.05) is 4.90 Å². The number of benzene rings is 1. The maximum absolute atomic E-state index is 6.49. The minimum Gasteiger partial charge on any atom is -0.351 e. The fraction of sp³-hybridized carbons (Fsp3) is 0.500. The van der Waals surface area contributed by atoms with Gasteiger partial charge in [-0.15, -0.1) is 0 Å². The first-order valence-corrected chi connectivity index (χ1v) is 9.82. The molecule has 1 unspecified atom stereocenters. The van der Waals surface area contributed by atoms with Crippen molar-refractivity contribution >= 4 is 29.0 Å². The van der Waals surface area contributed by atoms with Gasteiger partial charge in [0.05, 0.1) is 5.69 Å². The third kappa shape index (κ3) is 2.92. The molecule has 5 heteroatoms.